The first-order chi connectivity index (χ1) is 8.99. The van der Waals surface area contributed by atoms with Gasteiger partial charge in [-0.05, 0) is 25.0 Å². The lowest BCUT2D eigenvalue weighted by Gasteiger charge is -2.23. The summed E-state index contributed by atoms with van der Waals surface area (Å²) in [6.45, 7) is 0.396. The highest BCUT2D eigenvalue weighted by Crippen LogP contribution is 2.23. The first kappa shape index (κ1) is 13.5. The molecule has 1 saturated heterocycles. The van der Waals surface area contributed by atoms with Gasteiger partial charge in [0.2, 0.25) is 0 Å². The fraction of sp³-hybridized carbons (Fsp3) is 0.385. The predicted molar refractivity (Wildman–Crippen MR) is 62.7 cm³/mol. The largest absolute Gasteiger partial charge is 0.481 e. The van der Waals surface area contributed by atoms with E-state index >= 15 is 0 Å². The highest BCUT2D eigenvalue weighted by molar-refractivity contribution is 5.95. The number of carboxylic acids is 1. The summed E-state index contributed by atoms with van der Waals surface area (Å²) in [6, 6.07) is 2.33. The van der Waals surface area contributed by atoms with Gasteiger partial charge in [-0.1, -0.05) is 0 Å². The van der Waals surface area contributed by atoms with E-state index in [9.17, 15) is 18.4 Å². The first-order valence-electron chi connectivity index (χ1n) is 5.97. The average molecular weight is 269 g/mol. The molecule has 0 bridgehead atoms. The van der Waals surface area contributed by atoms with E-state index in [1.807, 2.05) is 0 Å². The minimum absolute atomic E-state index is 0.158. The number of aliphatic carboxylic acids is 1. The molecule has 1 amide bonds. The van der Waals surface area contributed by atoms with Crippen molar-refractivity contribution >= 4 is 11.9 Å². The first-order valence-corrected chi connectivity index (χ1v) is 5.97. The van der Waals surface area contributed by atoms with Crippen LogP contribution in [-0.4, -0.2) is 34.5 Å². The van der Waals surface area contributed by atoms with Crippen molar-refractivity contribution < 1.29 is 23.5 Å². The van der Waals surface area contributed by atoms with Crippen LogP contribution in [0.5, 0.6) is 0 Å². The van der Waals surface area contributed by atoms with Gasteiger partial charge >= 0.3 is 5.97 Å². The zero-order chi connectivity index (χ0) is 14.0. The van der Waals surface area contributed by atoms with E-state index in [-0.39, 0.29) is 12.0 Å². The molecule has 4 nitrogen and oxygen atoms in total. The Kier molecular flexibility index (Phi) is 3.78. The Morgan fingerprint density at radius 2 is 2.11 bits per heavy atom. The molecule has 0 spiro atoms. The second-order valence-electron chi connectivity index (χ2n) is 4.52. The van der Waals surface area contributed by atoms with Crippen LogP contribution in [0.4, 0.5) is 8.78 Å². The third kappa shape index (κ3) is 2.89. The Bertz CT molecular complexity index is 519. The standard InChI is InChI=1S/C13H13F2NO3/c14-8-3-4-10(11(15)6-8)13(19)16-5-1-2-9(16)7-12(17)18/h3-4,6,9H,1-2,5,7H2,(H,17,18). The fourth-order valence-electron chi connectivity index (χ4n) is 2.33. The SMILES string of the molecule is O=C(O)CC1CCCN1C(=O)c1ccc(F)cc1F. The highest BCUT2D eigenvalue weighted by atomic mass is 19.1. The van der Waals surface area contributed by atoms with E-state index in [0.29, 0.717) is 25.5 Å². The van der Waals surface area contributed by atoms with Crippen LogP contribution in [-0.2, 0) is 4.79 Å². The summed E-state index contributed by atoms with van der Waals surface area (Å²) in [5.74, 6) is -3.26. The van der Waals surface area contributed by atoms with Gasteiger partial charge in [0, 0.05) is 18.7 Å². The highest BCUT2D eigenvalue weighted by Gasteiger charge is 2.32. The van der Waals surface area contributed by atoms with Crippen molar-refractivity contribution in [2.75, 3.05) is 6.54 Å². The normalized spacial score (nSPS) is 18.6. The Balaban J connectivity index is 2.20. The Labute approximate surface area is 108 Å². The number of hydrogen-bond acceptors (Lipinski definition) is 2. The van der Waals surface area contributed by atoms with Crippen molar-refractivity contribution in [3.8, 4) is 0 Å². The minimum Gasteiger partial charge on any atom is -0.481 e. The minimum atomic E-state index is -0.996. The van der Waals surface area contributed by atoms with Crippen LogP contribution in [0.25, 0.3) is 0 Å². The number of carboxylic acid groups (broad SMARTS) is 1. The predicted octanol–water partition coefficient (Wildman–Crippen LogP) is 2.04. The van der Waals surface area contributed by atoms with Gasteiger partial charge in [0.25, 0.3) is 5.91 Å². The summed E-state index contributed by atoms with van der Waals surface area (Å²) in [6.07, 6.45) is 1.11. The summed E-state index contributed by atoms with van der Waals surface area (Å²) in [7, 11) is 0. The summed E-state index contributed by atoms with van der Waals surface area (Å²) < 4.78 is 26.3. The van der Waals surface area contributed by atoms with E-state index in [1.54, 1.807) is 0 Å². The molecule has 1 fully saturated rings. The molecule has 1 unspecified atom stereocenters. The van der Waals surface area contributed by atoms with Gasteiger partial charge in [-0.2, -0.15) is 0 Å². The topological polar surface area (TPSA) is 57.6 Å². The van der Waals surface area contributed by atoms with Crippen molar-refractivity contribution in [1.82, 2.24) is 4.90 Å². The van der Waals surface area contributed by atoms with E-state index in [4.69, 9.17) is 5.11 Å². The van der Waals surface area contributed by atoms with E-state index < -0.39 is 29.6 Å². The number of rotatable bonds is 3. The molecule has 19 heavy (non-hydrogen) atoms. The van der Waals surface area contributed by atoms with Crippen molar-refractivity contribution in [2.24, 2.45) is 0 Å². The number of carbonyl (C=O) groups excluding carboxylic acids is 1. The molecular formula is C13H13F2NO3. The molecule has 1 aliphatic rings. The number of hydrogen-bond donors (Lipinski definition) is 1. The van der Waals surface area contributed by atoms with E-state index in [1.165, 1.54) is 4.90 Å². The summed E-state index contributed by atoms with van der Waals surface area (Å²) in [5.41, 5.74) is -0.223. The molecule has 0 radical (unpaired) electrons. The molecule has 1 aliphatic heterocycles. The maximum atomic E-state index is 13.5. The molecule has 2 rings (SSSR count). The number of carbonyl (C=O) groups is 2. The smallest absolute Gasteiger partial charge is 0.305 e. The molecule has 0 saturated carbocycles. The van der Waals surface area contributed by atoms with Gasteiger partial charge in [-0.25, -0.2) is 8.78 Å². The van der Waals surface area contributed by atoms with Crippen LogP contribution in [0.3, 0.4) is 0 Å². The molecule has 1 aromatic rings. The monoisotopic (exact) mass is 269 g/mol. The summed E-state index contributed by atoms with van der Waals surface area (Å²) >= 11 is 0. The lowest BCUT2D eigenvalue weighted by atomic mass is 10.1. The van der Waals surface area contributed by atoms with Gasteiger partial charge in [0.05, 0.1) is 12.0 Å². The van der Waals surface area contributed by atoms with Crippen molar-refractivity contribution in [2.45, 2.75) is 25.3 Å². The van der Waals surface area contributed by atoms with Gasteiger partial charge in [-0.3, -0.25) is 9.59 Å². The van der Waals surface area contributed by atoms with Crippen LogP contribution in [0.15, 0.2) is 18.2 Å². The molecular weight excluding hydrogens is 256 g/mol. The van der Waals surface area contributed by atoms with Gasteiger partial charge in [0.15, 0.2) is 0 Å². The second-order valence-corrected chi connectivity index (χ2v) is 4.52. The second kappa shape index (κ2) is 5.34. The quantitative estimate of drug-likeness (QED) is 0.913. The van der Waals surface area contributed by atoms with Gasteiger partial charge in [-0.15, -0.1) is 0 Å². The summed E-state index contributed by atoms with van der Waals surface area (Å²) in [5, 5.41) is 8.77. The molecule has 1 N–H and O–H groups in total. The molecule has 102 valence electrons. The van der Waals surface area contributed by atoms with Crippen LogP contribution in [0, 0.1) is 11.6 Å². The zero-order valence-electron chi connectivity index (χ0n) is 10.1. The Morgan fingerprint density at radius 1 is 1.37 bits per heavy atom. The third-order valence-corrected chi connectivity index (χ3v) is 3.21. The molecule has 1 aromatic carbocycles. The fourth-order valence-corrected chi connectivity index (χ4v) is 2.33. The van der Waals surface area contributed by atoms with E-state index in [0.717, 1.165) is 12.1 Å². The maximum absolute atomic E-state index is 13.5. The molecule has 0 aromatic heterocycles. The van der Waals surface area contributed by atoms with Crippen molar-refractivity contribution in [1.29, 1.82) is 0 Å². The Morgan fingerprint density at radius 3 is 2.74 bits per heavy atom. The van der Waals surface area contributed by atoms with E-state index in [2.05, 4.69) is 0 Å². The van der Waals surface area contributed by atoms with Gasteiger partial charge < -0.3 is 10.0 Å². The molecule has 0 aliphatic carbocycles. The third-order valence-electron chi connectivity index (χ3n) is 3.21. The number of benzene rings is 1. The van der Waals surface area contributed by atoms with Crippen LogP contribution >= 0.6 is 0 Å². The lowest BCUT2D eigenvalue weighted by Crippen LogP contribution is -2.37. The average Bonchev–Trinajstić information content (AvgIpc) is 2.75. The molecule has 1 atom stereocenters. The number of likely N-dealkylation sites (tertiary alicyclic amines) is 1. The van der Waals surface area contributed by atoms with Crippen LogP contribution in [0.2, 0.25) is 0 Å². The summed E-state index contributed by atoms with van der Waals surface area (Å²) in [4.78, 5) is 24.2. The number of nitrogens with zero attached hydrogens (tertiary/aromatic N) is 1. The number of amides is 1. The molecule has 6 heteroatoms. The lowest BCUT2D eigenvalue weighted by molar-refractivity contribution is -0.137. The van der Waals surface area contributed by atoms with Crippen LogP contribution < -0.4 is 0 Å². The Hall–Kier alpha value is -1.98. The maximum Gasteiger partial charge on any atom is 0.305 e. The zero-order valence-corrected chi connectivity index (χ0v) is 10.1. The van der Waals surface area contributed by atoms with Crippen molar-refractivity contribution in [3.05, 3.63) is 35.4 Å². The van der Waals surface area contributed by atoms with Crippen LogP contribution in [0.1, 0.15) is 29.6 Å². The molecule has 1 heterocycles. The van der Waals surface area contributed by atoms with Crippen molar-refractivity contribution in [3.63, 3.8) is 0 Å². The van der Waals surface area contributed by atoms with Gasteiger partial charge in [0.1, 0.15) is 11.6 Å². The number of halogens is 2.